The van der Waals surface area contributed by atoms with E-state index in [9.17, 15) is 29.5 Å². The highest BCUT2D eigenvalue weighted by Gasteiger charge is 2.37. The van der Waals surface area contributed by atoms with E-state index in [-0.39, 0.29) is 28.2 Å². The molecule has 1 fully saturated rings. The smallest absolute Gasteiger partial charge is 0.325 e. The fourth-order valence-corrected chi connectivity index (χ4v) is 4.10. The summed E-state index contributed by atoms with van der Waals surface area (Å²) in [6, 6.07) is 4.22. The minimum Gasteiger partial charge on any atom is -0.755 e. The Kier molecular flexibility index (Phi) is 5.98. The number of carboxylic acids is 2. The number of benzene rings is 1. The molecule has 3 heterocycles. The van der Waals surface area contributed by atoms with Crippen LogP contribution in [0.4, 0.5) is 23.1 Å². The zero-order valence-electron chi connectivity index (χ0n) is 17.8. The van der Waals surface area contributed by atoms with E-state index in [0.29, 0.717) is 31.3 Å². The van der Waals surface area contributed by atoms with E-state index in [0.717, 1.165) is 5.69 Å². The first-order valence-electron chi connectivity index (χ1n) is 10.4. The van der Waals surface area contributed by atoms with Crippen LogP contribution in [-0.2, 0) is 9.59 Å². The molecule has 0 radical (unpaired) electrons. The number of aromatic nitrogens is 2. The summed E-state index contributed by atoms with van der Waals surface area (Å²) in [5, 5.41) is 33.2. The molecule has 180 valence electrons. The van der Waals surface area contributed by atoms with Crippen molar-refractivity contribution in [3.63, 3.8) is 0 Å². The lowest BCUT2D eigenvalue weighted by Gasteiger charge is -2.34. The number of amides is 1. The molecule has 14 nitrogen and oxygen atoms in total. The van der Waals surface area contributed by atoms with Crippen molar-refractivity contribution in [2.75, 3.05) is 40.6 Å². The van der Waals surface area contributed by atoms with Crippen LogP contribution in [0.15, 0.2) is 29.1 Å². The van der Waals surface area contributed by atoms with Gasteiger partial charge in [-0.1, -0.05) is 0 Å². The Hall–Kier alpha value is -4.33. The van der Waals surface area contributed by atoms with Gasteiger partial charge in [-0.15, -0.1) is 0 Å². The van der Waals surface area contributed by atoms with Crippen molar-refractivity contribution in [2.45, 2.75) is 24.9 Å². The van der Waals surface area contributed by atoms with Gasteiger partial charge in [0.1, 0.15) is 11.7 Å². The first-order valence-corrected chi connectivity index (χ1v) is 10.4. The fraction of sp³-hybridized carbons (Fsp3) is 0.350. The molecule has 0 spiro atoms. The Labute approximate surface area is 192 Å². The lowest BCUT2D eigenvalue weighted by Crippen LogP contribution is -2.44. The number of fused-ring (bicyclic) bond motifs is 3. The van der Waals surface area contributed by atoms with Gasteiger partial charge >= 0.3 is 11.9 Å². The molecule has 1 saturated heterocycles. The van der Waals surface area contributed by atoms with Gasteiger partial charge < -0.3 is 41.3 Å². The fourth-order valence-electron chi connectivity index (χ4n) is 4.10. The van der Waals surface area contributed by atoms with Crippen LogP contribution in [0.2, 0.25) is 0 Å². The Balaban J connectivity index is 1.48. The number of nitrogen functional groups attached to an aromatic ring is 1. The van der Waals surface area contributed by atoms with Gasteiger partial charge in [-0.25, -0.2) is 0 Å². The Morgan fingerprint density at radius 2 is 1.97 bits per heavy atom. The lowest BCUT2D eigenvalue weighted by atomic mass is 10.1. The number of aliphatic carboxylic acids is 2. The summed E-state index contributed by atoms with van der Waals surface area (Å²) in [6.45, 7) is 1.51. The number of aromatic amines is 1. The minimum atomic E-state index is -1.80. The molecule has 4 rings (SSSR count). The molecular weight excluding hydrogens is 450 g/mol. The van der Waals surface area contributed by atoms with Gasteiger partial charge in [0, 0.05) is 30.8 Å². The molecule has 6 N–H and O–H groups in total. The molecule has 1 unspecified atom stereocenters. The van der Waals surface area contributed by atoms with Gasteiger partial charge in [0.25, 0.3) is 5.56 Å². The summed E-state index contributed by atoms with van der Waals surface area (Å²) in [5.74, 6) is -3.48. The Bertz CT molecular complexity index is 1180. The van der Waals surface area contributed by atoms with Crippen molar-refractivity contribution in [3.05, 3.63) is 45.4 Å². The van der Waals surface area contributed by atoms with Crippen molar-refractivity contribution < 1.29 is 24.6 Å². The number of nitrogens with one attached hydrogen (secondary N) is 2. The second-order valence-electron chi connectivity index (χ2n) is 7.98. The summed E-state index contributed by atoms with van der Waals surface area (Å²) >= 11 is 0. The summed E-state index contributed by atoms with van der Waals surface area (Å²) in [4.78, 5) is 57.5. The number of H-pyrrole nitrogens is 1. The Morgan fingerprint density at radius 3 is 2.62 bits per heavy atom. The van der Waals surface area contributed by atoms with Gasteiger partial charge in [0.05, 0.1) is 12.7 Å². The van der Waals surface area contributed by atoms with Crippen LogP contribution in [0.5, 0.6) is 0 Å². The van der Waals surface area contributed by atoms with Crippen LogP contribution < -0.4 is 26.4 Å². The van der Waals surface area contributed by atoms with Gasteiger partial charge in [0.2, 0.25) is 11.9 Å². The predicted octanol–water partition coefficient (Wildman–Crippen LogP) is -0.312. The summed E-state index contributed by atoms with van der Waals surface area (Å²) in [6.07, 6.45) is -1.06. The van der Waals surface area contributed by atoms with Gasteiger partial charge in [0.15, 0.2) is 5.82 Å². The van der Waals surface area contributed by atoms with Crippen LogP contribution >= 0.6 is 0 Å². The number of carbonyl (C=O) groups is 3. The number of anilines is 4. The first kappa shape index (κ1) is 22.8. The molecule has 2 aliphatic rings. The zero-order valence-corrected chi connectivity index (χ0v) is 17.8. The van der Waals surface area contributed by atoms with E-state index in [1.165, 1.54) is 12.1 Å². The molecule has 2 aromatic rings. The predicted molar refractivity (Wildman–Crippen MR) is 121 cm³/mol. The molecular formula is C20H22N7O7-. The van der Waals surface area contributed by atoms with Gasteiger partial charge in [-0.05, 0) is 30.7 Å². The van der Waals surface area contributed by atoms with Gasteiger partial charge in [-0.2, -0.15) is 4.98 Å². The summed E-state index contributed by atoms with van der Waals surface area (Å²) in [5.41, 5.74) is 6.35. The van der Waals surface area contributed by atoms with Crippen molar-refractivity contribution in [2.24, 2.45) is 0 Å². The highest BCUT2D eigenvalue weighted by molar-refractivity contribution is 5.97. The molecule has 34 heavy (non-hydrogen) atoms. The SMILES string of the molecule is Nc1nc2c(c(=O)[nH]1)N1CN(c3ccc(C(=O)N([O-])[C@@H](CCC(=O)O)C(=O)O)cc3)CC1CN2. The third-order valence-corrected chi connectivity index (χ3v) is 5.78. The monoisotopic (exact) mass is 472 g/mol. The normalized spacial score (nSPS) is 17.4. The van der Waals surface area contributed by atoms with Crippen molar-refractivity contribution >= 4 is 41.0 Å². The number of hydrogen-bond donors (Lipinski definition) is 5. The zero-order chi connectivity index (χ0) is 24.6. The molecule has 0 aliphatic carbocycles. The number of rotatable bonds is 7. The van der Waals surface area contributed by atoms with Crippen molar-refractivity contribution in [3.8, 4) is 0 Å². The standard InChI is InChI=1S/C20H22N7O7/c21-20-23-16-15(17(30)24-20)26-9-25(8-12(26)7-22-16)11-3-1-10(2-4-11)18(31)27(34)13(19(32)33)5-6-14(28)29/h1-4,12-13H,5-9H2,(H,28,29)(H,32,33)(H4,21,22,23,24,30)/q-1/t12?,13-/m0/s1. The average Bonchev–Trinajstić information content (AvgIpc) is 3.22. The van der Waals surface area contributed by atoms with Crippen LogP contribution in [0.1, 0.15) is 23.2 Å². The summed E-state index contributed by atoms with van der Waals surface area (Å²) < 4.78 is 0. The van der Waals surface area contributed by atoms with E-state index in [2.05, 4.69) is 15.3 Å². The Morgan fingerprint density at radius 1 is 1.26 bits per heavy atom. The number of hydrogen-bond acceptors (Lipinski definition) is 10. The number of hydroxylamine groups is 2. The van der Waals surface area contributed by atoms with E-state index in [4.69, 9.17) is 10.8 Å². The highest BCUT2D eigenvalue weighted by atomic mass is 16.5. The molecule has 1 aromatic carbocycles. The lowest BCUT2D eigenvalue weighted by molar-refractivity contribution is -0.142. The van der Waals surface area contributed by atoms with E-state index in [1.54, 1.807) is 12.1 Å². The molecule has 14 heteroatoms. The summed E-state index contributed by atoms with van der Waals surface area (Å²) in [7, 11) is 0. The molecule has 2 aliphatic heterocycles. The second kappa shape index (κ2) is 8.90. The van der Waals surface area contributed by atoms with Crippen LogP contribution in [0.3, 0.4) is 0 Å². The van der Waals surface area contributed by atoms with Crippen LogP contribution in [0, 0.1) is 5.21 Å². The third kappa shape index (κ3) is 4.30. The molecule has 1 amide bonds. The molecule has 0 bridgehead atoms. The molecule has 1 aromatic heterocycles. The maximum atomic E-state index is 12.5. The number of nitrogens with zero attached hydrogens (tertiary/aromatic N) is 4. The third-order valence-electron chi connectivity index (χ3n) is 5.78. The largest absolute Gasteiger partial charge is 0.755 e. The number of nitrogens with two attached hydrogens (primary N) is 1. The van der Waals surface area contributed by atoms with Crippen LogP contribution in [-0.4, -0.2) is 74.9 Å². The average molecular weight is 472 g/mol. The molecule has 0 saturated carbocycles. The van der Waals surface area contributed by atoms with Gasteiger partial charge in [-0.3, -0.25) is 24.2 Å². The minimum absolute atomic E-state index is 0.0111. The maximum Gasteiger partial charge on any atom is 0.325 e. The van der Waals surface area contributed by atoms with E-state index < -0.39 is 36.7 Å². The second-order valence-corrected chi connectivity index (χ2v) is 7.98. The number of carboxylic acid groups (broad SMARTS) is 2. The van der Waals surface area contributed by atoms with E-state index >= 15 is 0 Å². The topological polar surface area (TPSA) is 208 Å². The first-order chi connectivity index (χ1) is 16.2. The molecule has 2 atom stereocenters. The maximum absolute atomic E-state index is 12.5. The van der Waals surface area contributed by atoms with Crippen molar-refractivity contribution in [1.82, 2.24) is 15.0 Å². The van der Waals surface area contributed by atoms with E-state index in [1.807, 2.05) is 9.80 Å². The van der Waals surface area contributed by atoms with Crippen LogP contribution in [0.25, 0.3) is 0 Å². The van der Waals surface area contributed by atoms with Crippen molar-refractivity contribution in [1.29, 1.82) is 0 Å². The highest BCUT2D eigenvalue weighted by Crippen LogP contribution is 2.32. The number of carbonyl (C=O) groups excluding carboxylic acids is 1. The quantitative estimate of drug-likeness (QED) is 0.329.